The van der Waals surface area contributed by atoms with Crippen LogP contribution in [0.5, 0.6) is 0 Å². The lowest BCUT2D eigenvalue weighted by atomic mass is 10.1. The molecule has 2 aromatic rings. The van der Waals surface area contributed by atoms with Gasteiger partial charge < -0.3 is 9.73 Å². The van der Waals surface area contributed by atoms with Gasteiger partial charge in [-0.15, -0.1) is 0 Å². The molecule has 1 aliphatic heterocycles. The number of oxazole rings is 1. The topological polar surface area (TPSA) is 41.3 Å². The van der Waals surface area contributed by atoms with E-state index in [0.29, 0.717) is 23.0 Å². The van der Waals surface area contributed by atoms with Crippen molar-refractivity contribution in [3.05, 3.63) is 41.2 Å². The van der Waals surface area contributed by atoms with Crippen LogP contribution >= 0.6 is 11.6 Å². The monoisotopic (exact) mass is 305 g/mol. The Morgan fingerprint density at radius 2 is 1.90 bits per heavy atom. The Hall–Kier alpha value is -1.36. The Morgan fingerprint density at radius 1 is 1.24 bits per heavy atom. The molecule has 0 aliphatic carbocycles. The third-order valence-electron chi connectivity index (χ3n) is 4.00. The quantitative estimate of drug-likeness (QED) is 0.945. The fourth-order valence-electron chi connectivity index (χ4n) is 2.77. The van der Waals surface area contributed by atoms with Crippen molar-refractivity contribution in [2.45, 2.75) is 32.5 Å². The summed E-state index contributed by atoms with van der Waals surface area (Å²) >= 11 is 5.90. The SMILES string of the molecule is CC1CNCC(C)N1Cc1coc(-c2ccc(Cl)cc2)n1. The second kappa shape index (κ2) is 6.18. The van der Waals surface area contributed by atoms with Gasteiger partial charge in [-0.1, -0.05) is 11.6 Å². The molecular formula is C16H20ClN3O. The molecule has 2 heterocycles. The fourth-order valence-corrected chi connectivity index (χ4v) is 2.90. The molecule has 0 saturated carbocycles. The molecule has 1 N–H and O–H groups in total. The first-order valence-corrected chi connectivity index (χ1v) is 7.68. The molecule has 0 amide bonds. The number of nitrogens with zero attached hydrogens (tertiary/aromatic N) is 2. The van der Waals surface area contributed by atoms with Crippen molar-refractivity contribution in [1.82, 2.24) is 15.2 Å². The summed E-state index contributed by atoms with van der Waals surface area (Å²) in [5.74, 6) is 0.650. The smallest absolute Gasteiger partial charge is 0.226 e. The number of hydrogen-bond acceptors (Lipinski definition) is 4. The fraction of sp³-hybridized carbons (Fsp3) is 0.438. The Labute approximate surface area is 130 Å². The lowest BCUT2D eigenvalue weighted by molar-refractivity contribution is 0.107. The summed E-state index contributed by atoms with van der Waals surface area (Å²) < 4.78 is 5.61. The summed E-state index contributed by atoms with van der Waals surface area (Å²) in [5, 5.41) is 4.16. The van der Waals surface area contributed by atoms with E-state index in [0.717, 1.165) is 30.9 Å². The second-order valence-electron chi connectivity index (χ2n) is 5.68. The molecule has 4 nitrogen and oxygen atoms in total. The number of aromatic nitrogens is 1. The molecule has 1 aliphatic rings. The van der Waals surface area contributed by atoms with Crippen molar-refractivity contribution in [1.29, 1.82) is 0 Å². The van der Waals surface area contributed by atoms with Gasteiger partial charge in [-0.2, -0.15) is 0 Å². The molecule has 0 bridgehead atoms. The molecule has 1 aromatic heterocycles. The zero-order chi connectivity index (χ0) is 14.8. The van der Waals surface area contributed by atoms with Crippen LogP contribution in [0, 0.1) is 0 Å². The third-order valence-corrected chi connectivity index (χ3v) is 4.25. The molecule has 3 rings (SSSR count). The van der Waals surface area contributed by atoms with Crippen molar-refractivity contribution in [2.75, 3.05) is 13.1 Å². The molecule has 5 heteroatoms. The highest BCUT2D eigenvalue weighted by atomic mass is 35.5. The van der Waals surface area contributed by atoms with Gasteiger partial charge in [-0.25, -0.2) is 4.98 Å². The van der Waals surface area contributed by atoms with Gasteiger partial charge in [-0.05, 0) is 38.1 Å². The Kier molecular flexibility index (Phi) is 4.29. The normalized spacial score (nSPS) is 23.4. The first kappa shape index (κ1) is 14.6. The van der Waals surface area contributed by atoms with Gasteiger partial charge in [-0.3, -0.25) is 4.90 Å². The van der Waals surface area contributed by atoms with Crippen LogP contribution in [0.2, 0.25) is 5.02 Å². The molecule has 2 atom stereocenters. The van der Waals surface area contributed by atoms with E-state index in [2.05, 4.69) is 29.0 Å². The van der Waals surface area contributed by atoms with Crippen LogP contribution in [0.3, 0.4) is 0 Å². The number of piperazine rings is 1. The minimum Gasteiger partial charge on any atom is -0.444 e. The predicted octanol–water partition coefficient (Wildman–Crippen LogP) is 3.18. The summed E-state index contributed by atoms with van der Waals surface area (Å²) in [6.45, 7) is 7.34. The van der Waals surface area contributed by atoms with Crippen molar-refractivity contribution in [2.24, 2.45) is 0 Å². The molecule has 1 saturated heterocycles. The standard InChI is InChI=1S/C16H20ClN3O/c1-11-7-18-8-12(2)20(11)9-15-10-21-16(19-15)13-3-5-14(17)6-4-13/h3-6,10-12,18H,7-9H2,1-2H3. The van der Waals surface area contributed by atoms with Crippen molar-refractivity contribution >= 4 is 11.6 Å². The van der Waals surface area contributed by atoms with E-state index in [1.165, 1.54) is 0 Å². The van der Waals surface area contributed by atoms with E-state index in [4.69, 9.17) is 16.0 Å². The Morgan fingerprint density at radius 3 is 2.57 bits per heavy atom. The number of rotatable bonds is 3. The van der Waals surface area contributed by atoms with Gasteiger partial charge in [0.1, 0.15) is 6.26 Å². The molecular weight excluding hydrogens is 286 g/mol. The van der Waals surface area contributed by atoms with E-state index in [9.17, 15) is 0 Å². The van der Waals surface area contributed by atoms with Crippen LogP contribution < -0.4 is 5.32 Å². The summed E-state index contributed by atoms with van der Waals surface area (Å²) in [5.41, 5.74) is 1.92. The van der Waals surface area contributed by atoms with E-state index >= 15 is 0 Å². The van der Waals surface area contributed by atoms with E-state index in [1.807, 2.05) is 24.3 Å². The summed E-state index contributed by atoms with van der Waals surface area (Å²) in [7, 11) is 0. The van der Waals surface area contributed by atoms with Crippen molar-refractivity contribution in [3.63, 3.8) is 0 Å². The lowest BCUT2D eigenvalue weighted by Crippen LogP contribution is -2.54. The first-order chi connectivity index (χ1) is 10.1. The van der Waals surface area contributed by atoms with Crippen LogP contribution in [-0.4, -0.2) is 35.1 Å². The summed E-state index contributed by atoms with van der Waals surface area (Å²) in [4.78, 5) is 7.06. The highest BCUT2D eigenvalue weighted by Crippen LogP contribution is 2.22. The van der Waals surface area contributed by atoms with Crippen LogP contribution in [0.4, 0.5) is 0 Å². The number of hydrogen-bond donors (Lipinski definition) is 1. The molecule has 0 radical (unpaired) electrons. The van der Waals surface area contributed by atoms with Crippen molar-refractivity contribution in [3.8, 4) is 11.5 Å². The largest absolute Gasteiger partial charge is 0.444 e. The van der Waals surface area contributed by atoms with E-state index < -0.39 is 0 Å². The average Bonchev–Trinajstić information content (AvgIpc) is 2.92. The first-order valence-electron chi connectivity index (χ1n) is 7.30. The van der Waals surface area contributed by atoms with Gasteiger partial charge in [0.05, 0.1) is 5.69 Å². The zero-order valence-electron chi connectivity index (χ0n) is 12.3. The number of halogens is 1. The summed E-state index contributed by atoms with van der Waals surface area (Å²) in [6, 6.07) is 8.55. The highest BCUT2D eigenvalue weighted by molar-refractivity contribution is 6.30. The molecule has 0 spiro atoms. The minimum atomic E-state index is 0.504. The van der Waals surface area contributed by atoms with E-state index in [1.54, 1.807) is 6.26 Å². The van der Waals surface area contributed by atoms with Gasteiger partial charge in [0, 0.05) is 42.3 Å². The van der Waals surface area contributed by atoms with E-state index in [-0.39, 0.29) is 0 Å². The molecule has 1 fully saturated rings. The maximum Gasteiger partial charge on any atom is 0.226 e. The highest BCUT2D eigenvalue weighted by Gasteiger charge is 2.25. The maximum atomic E-state index is 5.90. The minimum absolute atomic E-state index is 0.504. The van der Waals surface area contributed by atoms with Gasteiger partial charge >= 0.3 is 0 Å². The van der Waals surface area contributed by atoms with Crippen molar-refractivity contribution < 1.29 is 4.42 Å². The van der Waals surface area contributed by atoms with Gasteiger partial charge in [0.25, 0.3) is 0 Å². The van der Waals surface area contributed by atoms with Gasteiger partial charge in [0.15, 0.2) is 0 Å². The Bertz CT molecular complexity index is 586. The molecule has 1 aromatic carbocycles. The second-order valence-corrected chi connectivity index (χ2v) is 6.12. The van der Waals surface area contributed by atoms with Crippen LogP contribution in [0.1, 0.15) is 19.5 Å². The van der Waals surface area contributed by atoms with Crippen LogP contribution in [-0.2, 0) is 6.54 Å². The third kappa shape index (κ3) is 3.28. The van der Waals surface area contributed by atoms with Gasteiger partial charge in [0.2, 0.25) is 5.89 Å². The average molecular weight is 306 g/mol. The molecule has 112 valence electrons. The predicted molar refractivity (Wildman–Crippen MR) is 84.3 cm³/mol. The van der Waals surface area contributed by atoms with Crippen LogP contribution in [0.25, 0.3) is 11.5 Å². The Balaban J connectivity index is 1.74. The summed E-state index contributed by atoms with van der Waals surface area (Å²) in [6.07, 6.45) is 1.76. The molecule has 21 heavy (non-hydrogen) atoms. The maximum absolute atomic E-state index is 5.90. The number of benzene rings is 1. The zero-order valence-corrected chi connectivity index (χ0v) is 13.1. The van der Waals surface area contributed by atoms with Crippen LogP contribution in [0.15, 0.2) is 34.9 Å². The molecule has 2 unspecified atom stereocenters. The number of nitrogens with one attached hydrogen (secondary N) is 1. The lowest BCUT2D eigenvalue weighted by Gasteiger charge is -2.38.